The normalized spacial score (nSPS) is 22.5. The fourth-order valence-electron chi connectivity index (χ4n) is 3.97. The van der Waals surface area contributed by atoms with E-state index in [1.807, 2.05) is 13.8 Å². The third-order valence-corrected chi connectivity index (χ3v) is 5.21. The first-order valence-electron chi connectivity index (χ1n) is 9.81. The smallest absolute Gasteiger partial charge is 0.372 e. The van der Waals surface area contributed by atoms with Crippen molar-refractivity contribution in [2.45, 2.75) is 32.2 Å². The summed E-state index contributed by atoms with van der Waals surface area (Å²) in [7, 11) is 0. The van der Waals surface area contributed by atoms with E-state index < -0.39 is 23.5 Å². The summed E-state index contributed by atoms with van der Waals surface area (Å²) in [6.45, 7) is 4.37. The molecule has 2 aromatic carbocycles. The summed E-state index contributed by atoms with van der Waals surface area (Å²) in [6, 6.07) is 7.83. The molecule has 0 aliphatic carbocycles. The summed E-state index contributed by atoms with van der Waals surface area (Å²) in [5.74, 6) is -0.956. The molecule has 2 unspecified atom stereocenters. The number of fused-ring (bicyclic) bond motifs is 1. The van der Waals surface area contributed by atoms with E-state index in [1.165, 1.54) is 36.5 Å². The molecule has 31 heavy (non-hydrogen) atoms. The van der Waals surface area contributed by atoms with Crippen LogP contribution in [-0.4, -0.2) is 31.2 Å². The predicted molar refractivity (Wildman–Crippen MR) is 110 cm³/mol. The third kappa shape index (κ3) is 4.36. The average molecular weight is 435 g/mol. The number of nitrogens with one attached hydrogen (secondary N) is 2. The molecule has 1 saturated heterocycles. The Morgan fingerprint density at radius 1 is 1.13 bits per heavy atom. The zero-order chi connectivity index (χ0) is 22.3. The lowest BCUT2D eigenvalue weighted by Gasteiger charge is -2.38. The van der Waals surface area contributed by atoms with Crippen molar-refractivity contribution >= 4 is 28.5 Å². The number of benzene rings is 2. The highest BCUT2D eigenvalue weighted by Crippen LogP contribution is 2.39. The molecule has 1 amide bonds. The van der Waals surface area contributed by atoms with Crippen LogP contribution in [0, 0.1) is 5.82 Å². The van der Waals surface area contributed by atoms with Gasteiger partial charge >= 0.3 is 6.18 Å². The van der Waals surface area contributed by atoms with Crippen molar-refractivity contribution in [2.75, 3.05) is 28.6 Å². The molecule has 2 atom stereocenters. The number of rotatable bonds is 3. The Labute approximate surface area is 176 Å². The molecule has 5 nitrogen and oxygen atoms in total. The lowest BCUT2D eigenvalue weighted by molar-refractivity contribution is -0.137. The molecule has 0 aromatic heterocycles. The van der Waals surface area contributed by atoms with Crippen LogP contribution in [0.2, 0.25) is 0 Å². The first-order chi connectivity index (χ1) is 14.6. The third-order valence-electron chi connectivity index (χ3n) is 5.21. The van der Waals surface area contributed by atoms with Crippen LogP contribution >= 0.6 is 0 Å². The monoisotopic (exact) mass is 435 g/mol. The van der Waals surface area contributed by atoms with Crippen LogP contribution < -0.4 is 15.5 Å². The van der Waals surface area contributed by atoms with E-state index in [0.717, 1.165) is 6.07 Å². The van der Waals surface area contributed by atoms with Crippen LogP contribution in [-0.2, 0) is 15.7 Å². The van der Waals surface area contributed by atoms with Gasteiger partial charge in [0.1, 0.15) is 5.82 Å². The average Bonchev–Trinajstić information content (AvgIpc) is 2.98. The molecular weight excluding hydrogens is 414 g/mol. The van der Waals surface area contributed by atoms with Gasteiger partial charge in [0.2, 0.25) is 0 Å². The number of amides is 1. The van der Waals surface area contributed by atoms with Crippen molar-refractivity contribution in [1.82, 2.24) is 0 Å². The molecule has 0 radical (unpaired) electrons. The van der Waals surface area contributed by atoms with Gasteiger partial charge in [0.25, 0.3) is 5.91 Å². The van der Waals surface area contributed by atoms with Gasteiger partial charge in [-0.3, -0.25) is 4.79 Å². The SMILES string of the molecule is CC1CN(c2ccc(N/C=C3/C(=O)Nc4cc(F)ccc43)cc2C(F)(F)F)CC(C)O1. The van der Waals surface area contributed by atoms with Gasteiger partial charge in [-0.05, 0) is 50.2 Å². The molecule has 2 aliphatic rings. The summed E-state index contributed by atoms with van der Waals surface area (Å²) in [4.78, 5) is 13.9. The van der Waals surface area contributed by atoms with Crippen molar-refractivity contribution in [3.8, 4) is 0 Å². The van der Waals surface area contributed by atoms with Crippen molar-refractivity contribution < 1.29 is 27.1 Å². The minimum atomic E-state index is -4.56. The van der Waals surface area contributed by atoms with Crippen LogP contribution in [0.4, 0.5) is 34.6 Å². The molecule has 4 rings (SSSR count). The molecule has 2 N–H and O–H groups in total. The molecule has 9 heteroatoms. The Bertz CT molecular complexity index is 1040. The zero-order valence-electron chi connectivity index (χ0n) is 16.9. The number of carbonyl (C=O) groups is 1. The fraction of sp³-hybridized carbons (Fsp3) is 0.318. The molecule has 0 bridgehead atoms. The van der Waals surface area contributed by atoms with Crippen molar-refractivity contribution in [2.24, 2.45) is 0 Å². The minimum Gasteiger partial charge on any atom is -0.372 e. The Balaban J connectivity index is 1.63. The number of morpholine rings is 1. The quantitative estimate of drug-likeness (QED) is 0.534. The largest absolute Gasteiger partial charge is 0.418 e. The highest BCUT2D eigenvalue weighted by atomic mass is 19.4. The summed E-state index contributed by atoms with van der Waals surface area (Å²) in [5, 5.41) is 5.31. The van der Waals surface area contributed by atoms with Crippen LogP contribution in [0.5, 0.6) is 0 Å². The van der Waals surface area contributed by atoms with Gasteiger partial charge in [-0.1, -0.05) is 0 Å². The van der Waals surface area contributed by atoms with Gasteiger partial charge in [-0.25, -0.2) is 4.39 Å². The van der Waals surface area contributed by atoms with E-state index in [1.54, 1.807) is 4.90 Å². The lowest BCUT2D eigenvalue weighted by atomic mass is 10.1. The van der Waals surface area contributed by atoms with E-state index in [4.69, 9.17) is 4.74 Å². The van der Waals surface area contributed by atoms with E-state index in [0.29, 0.717) is 24.3 Å². The number of ether oxygens (including phenoxy) is 1. The predicted octanol–water partition coefficient (Wildman–Crippen LogP) is 4.86. The Morgan fingerprint density at radius 3 is 2.52 bits per heavy atom. The number of alkyl halides is 3. The Hall–Kier alpha value is -3.07. The Kier molecular flexibility index (Phi) is 5.38. The van der Waals surface area contributed by atoms with Gasteiger partial charge in [0, 0.05) is 36.2 Å². The fourth-order valence-corrected chi connectivity index (χ4v) is 3.97. The summed E-state index contributed by atoms with van der Waals surface area (Å²) < 4.78 is 60.4. The summed E-state index contributed by atoms with van der Waals surface area (Å²) in [5.41, 5.74) is 0.509. The van der Waals surface area contributed by atoms with Gasteiger partial charge in [-0.15, -0.1) is 0 Å². The lowest BCUT2D eigenvalue weighted by Crippen LogP contribution is -2.46. The van der Waals surface area contributed by atoms with E-state index >= 15 is 0 Å². The summed E-state index contributed by atoms with van der Waals surface area (Å²) in [6.07, 6.45) is -3.59. The van der Waals surface area contributed by atoms with E-state index in [2.05, 4.69) is 10.6 Å². The van der Waals surface area contributed by atoms with Crippen LogP contribution in [0.1, 0.15) is 25.0 Å². The molecule has 1 fully saturated rings. The zero-order valence-corrected chi connectivity index (χ0v) is 16.9. The Morgan fingerprint density at radius 2 is 1.84 bits per heavy atom. The second-order valence-electron chi connectivity index (χ2n) is 7.74. The second-order valence-corrected chi connectivity index (χ2v) is 7.74. The standard InChI is InChI=1S/C22H21F4N3O2/c1-12-10-29(11-13(2)31-12)20-6-4-15(8-18(20)22(24,25)26)27-9-17-16-5-3-14(23)7-19(16)28-21(17)30/h3-9,12-13,27H,10-11H2,1-2H3,(H,28,30)/b17-9+. The maximum atomic E-state index is 13.8. The van der Waals surface area contributed by atoms with Crippen LogP contribution in [0.3, 0.4) is 0 Å². The molecule has 2 aromatic rings. The van der Waals surface area contributed by atoms with Crippen LogP contribution in [0.25, 0.3) is 5.57 Å². The molecule has 164 valence electrons. The maximum absolute atomic E-state index is 13.8. The minimum absolute atomic E-state index is 0.0899. The van der Waals surface area contributed by atoms with Gasteiger partial charge in [-0.2, -0.15) is 13.2 Å². The van der Waals surface area contributed by atoms with Crippen LogP contribution in [0.15, 0.2) is 42.6 Å². The molecule has 2 heterocycles. The number of hydrogen-bond donors (Lipinski definition) is 2. The van der Waals surface area contributed by atoms with E-state index in [-0.39, 0.29) is 29.2 Å². The first-order valence-corrected chi connectivity index (χ1v) is 9.81. The van der Waals surface area contributed by atoms with E-state index in [9.17, 15) is 22.4 Å². The van der Waals surface area contributed by atoms with Gasteiger partial charge in [0.05, 0.1) is 29.0 Å². The number of anilines is 3. The molecule has 2 aliphatic heterocycles. The van der Waals surface area contributed by atoms with Gasteiger partial charge in [0.15, 0.2) is 0 Å². The van der Waals surface area contributed by atoms with Gasteiger partial charge < -0.3 is 20.3 Å². The molecule has 0 saturated carbocycles. The van der Waals surface area contributed by atoms with Crippen molar-refractivity contribution in [3.05, 3.63) is 59.5 Å². The number of halogens is 4. The highest BCUT2D eigenvalue weighted by molar-refractivity contribution is 6.31. The molecular formula is C22H21F4N3O2. The maximum Gasteiger partial charge on any atom is 0.418 e. The second kappa shape index (κ2) is 7.88. The summed E-state index contributed by atoms with van der Waals surface area (Å²) >= 11 is 0. The number of nitrogens with zero attached hydrogens (tertiary/aromatic N) is 1. The molecule has 0 spiro atoms. The topological polar surface area (TPSA) is 53.6 Å². The number of carbonyl (C=O) groups excluding carboxylic acids is 1. The highest BCUT2D eigenvalue weighted by Gasteiger charge is 2.36. The number of hydrogen-bond acceptors (Lipinski definition) is 4. The van der Waals surface area contributed by atoms with Crippen molar-refractivity contribution in [1.29, 1.82) is 0 Å². The van der Waals surface area contributed by atoms with Crippen molar-refractivity contribution in [3.63, 3.8) is 0 Å². The first kappa shape index (κ1) is 21.2.